The quantitative estimate of drug-likeness (QED) is 0.283. The summed E-state index contributed by atoms with van der Waals surface area (Å²) < 4.78 is 44.2. The summed E-state index contributed by atoms with van der Waals surface area (Å²) >= 11 is 0. The van der Waals surface area contributed by atoms with E-state index in [0.29, 0.717) is 0 Å². The van der Waals surface area contributed by atoms with Crippen LogP contribution in [-0.4, -0.2) is 88.0 Å². The SMILES string of the molecule is CC(C)OC(=O)Nc1ncnn2c([C@@H]3O[C@](C#N)(COC(=O)OC(C)C)[C@@H](OC(=O)OC(C)C)[C@H]3OC(=O)OC(C)C)ccc12. The van der Waals surface area contributed by atoms with Crippen LogP contribution in [0.4, 0.5) is 25.0 Å². The molecule has 0 unspecified atom stereocenters. The Bertz CT molecular complexity index is 1420. The number of aromatic nitrogens is 3. The van der Waals surface area contributed by atoms with Crippen LogP contribution in [0.2, 0.25) is 0 Å². The first-order valence-corrected chi connectivity index (χ1v) is 14.1. The lowest BCUT2D eigenvalue weighted by molar-refractivity contribution is -0.100. The smallest absolute Gasteiger partial charge is 0.447 e. The summed E-state index contributed by atoms with van der Waals surface area (Å²) in [6.45, 7) is 12.0. The highest BCUT2D eigenvalue weighted by Crippen LogP contribution is 2.44. The van der Waals surface area contributed by atoms with Gasteiger partial charge in [0.1, 0.15) is 30.6 Å². The van der Waals surface area contributed by atoms with Gasteiger partial charge in [0.15, 0.2) is 18.0 Å². The summed E-state index contributed by atoms with van der Waals surface area (Å²) in [5.74, 6) is 0.0659. The molecule has 1 N–H and O–H groups in total. The highest BCUT2D eigenvalue weighted by Gasteiger charge is 2.62. The molecular weight excluding hydrogens is 598 g/mol. The predicted octanol–water partition coefficient (Wildman–Crippen LogP) is 4.44. The first kappa shape index (κ1) is 34.6. The molecule has 4 atom stereocenters. The molecule has 246 valence electrons. The monoisotopic (exact) mass is 635 g/mol. The molecule has 2 aromatic rings. The van der Waals surface area contributed by atoms with Gasteiger partial charge < -0.3 is 37.9 Å². The maximum atomic E-state index is 12.8. The van der Waals surface area contributed by atoms with E-state index in [1.807, 2.05) is 6.07 Å². The number of nitriles is 1. The van der Waals surface area contributed by atoms with Crippen molar-refractivity contribution >= 4 is 35.9 Å². The van der Waals surface area contributed by atoms with Gasteiger partial charge in [0.25, 0.3) is 0 Å². The van der Waals surface area contributed by atoms with Crippen molar-refractivity contribution in [2.24, 2.45) is 0 Å². The van der Waals surface area contributed by atoms with Crippen LogP contribution < -0.4 is 5.32 Å². The van der Waals surface area contributed by atoms with Crippen molar-refractivity contribution in [2.45, 2.75) is 104 Å². The minimum atomic E-state index is -2.25. The zero-order chi connectivity index (χ0) is 33.5. The highest BCUT2D eigenvalue weighted by atomic mass is 16.8. The molecule has 0 radical (unpaired) electrons. The van der Waals surface area contributed by atoms with Gasteiger partial charge in [0.05, 0.1) is 30.1 Å². The third-order valence-electron chi connectivity index (χ3n) is 5.77. The van der Waals surface area contributed by atoms with Crippen LogP contribution in [0, 0.1) is 11.3 Å². The van der Waals surface area contributed by atoms with E-state index in [-0.39, 0.29) is 17.0 Å². The maximum absolute atomic E-state index is 12.8. The maximum Gasteiger partial charge on any atom is 0.509 e. The van der Waals surface area contributed by atoms with Crippen LogP contribution >= 0.6 is 0 Å². The molecule has 1 fully saturated rings. The number of amides is 1. The van der Waals surface area contributed by atoms with Gasteiger partial charge in [0, 0.05) is 0 Å². The van der Waals surface area contributed by atoms with Crippen LogP contribution in [0.1, 0.15) is 67.2 Å². The Kier molecular flexibility index (Phi) is 11.4. The fraction of sp³-hybridized carbons (Fsp3) is 0.607. The van der Waals surface area contributed by atoms with E-state index in [4.69, 9.17) is 37.9 Å². The fourth-order valence-electron chi connectivity index (χ4n) is 4.19. The van der Waals surface area contributed by atoms with Gasteiger partial charge in [-0.1, -0.05) is 0 Å². The second kappa shape index (κ2) is 14.8. The topological polar surface area (TPSA) is 208 Å². The van der Waals surface area contributed by atoms with Crippen molar-refractivity contribution in [3.05, 3.63) is 24.2 Å². The van der Waals surface area contributed by atoms with E-state index in [9.17, 15) is 24.4 Å². The lowest BCUT2D eigenvalue weighted by atomic mass is 9.95. The van der Waals surface area contributed by atoms with Gasteiger partial charge in [-0.2, -0.15) is 10.4 Å². The van der Waals surface area contributed by atoms with Crippen molar-refractivity contribution in [3.63, 3.8) is 0 Å². The molecule has 0 bridgehead atoms. The average molecular weight is 636 g/mol. The minimum absolute atomic E-state index is 0.0659. The Labute approximate surface area is 258 Å². The summed E-state index contributed by atoms with van der Waals surface area (Å²) in [7, 11) is 0. The summed E-state index contributed by atoms with van der Waals surface area (Å²) in [6, 6.07) is 4.93. The summed E-state index contributed by atoms with van der Waals surface area (Å²) in [6.07, 6.45) is -10.0. The largest absolute Gasteiger partial charge is 0.509 e. The van der Waals surface area contributed by atoms with Gasteiger partial charge >= 0.3 is 24.6 Å². The summed E-state index contributed by atoms with van der Waals surface area (Å²) in [5, 5.41) is 17.2. The first-order valence-electron chi connectivity index (χ1n) is 14.1. The molecule has 0 saturated carbocycles. The second-order valence-electron chi connectivity index (χ2n) is 10.9. The van der Waals surface area contributed by atoms with E-state index in [2.05, 4.69) is 15.4 Å². The molecule has 17 heteroatoms. The van der Waals surface area contributed by atoms with Crippen molar-refractivity contribution < 1.29 is 57.1 Å². The second-order valence-corrected chi connectivity index (χ2v) is 10.9. The predicted molar refractivity (Wildman–Crippen MR) is 151 cm³/mol. The van der Waals surface area contributed by atoms with E-state index < -0.39 is 79.5 Å². The number of nitrogens with zero attached hydrogens (tertiary/aromatic N) is 4. The summed E-state index contributed by atoms with van der Waals surface area (Å²) in [4.78, 5) is 54.2. The average Bonchev–Trinajstić information content (AvgIpc) is 3.46. The molecule has 1 aliphatic rings. The number of nitrogens with one attached hydrogen (secondary N) is 1. The zero-order valence-corrected chi connectivity index (χ0v) is 26.2. The number of anilines is 1. The number of carbonyl (C=O) groups is 4. The van der Waals surface area contributed by atoms with Crippen LogP contribution in [0.15, 0.2) is 18.5 Å². The van der Waals surface area contributed by atoms with E-state index in [1.54, 1.807) is 55.4 Å². The molecule has 0 aromatic carbocycles. The Hall–Kier alpha value is -4.85. The molecule has 17 nitrogen and oxygen atoms in total. The molecule has 0 aliphatic carbocycles. The van der Waals surface area contributed by atoms with E-state index in [0.717, 1.165) is 6.33 Å². The van der Waals surface area contributed by atoms with Crippen molar-refractivity contribution in [1.29, 1.82) is 5.26 Å². The number of rotatable bonds is 10. The molecule has 2 aromatic heterocycles. The Morgan fingerprint density at radius 3 is 2.07 bits per heavy atom. The molecule has 1 saturated heterocycles. The first-order chi connectivity index (χ1) is 21.1. The lowest BCUT2D eigenvalue weighted by Gasteiger charge is -2.28. The number of hydrogen-bond donors (Lipinski definition) is 1. The molecule has 45 heavy (non-hydrogen) atoms. The molecule has 1 amide bonds. The van der Waals surface area contributed by atoms with E-state index >= 15 is 0 Å². The highest BCUT2D eigenvalue weighted by molar-refractivity contribution is 5.88. The molecule has 1 aliphatic heterocycles. The Morgan fingerprint density at radius 2 is 1.49 bits per heavy atom. The zero-order valence-electron chi connectivity index (χ0n) is 26.2. The van der Waals surface area contributed by atoms with Crippen molar-refractivity contribution in [3.8, 4) is 6.07 Å². The molecule has 0 spiro atoms. The van der Waals surface area contributed by atoms with Crippen LogP contribution in [-0.2, 0) is 37.9 Å². The standard InChI is InChI=1S/C28H37N5O12/c1-14(2)39-24(34)32-23-19-10-9-18(33(19)31-13-30-23)20-21(43-26(36)41-16(5)6)22(44-27(37)42-17(7)8)28(11-29,45-20)12-38-25(35)40-15(3)4/h9-10,13-17,20-22H,12H2,1-8H3,(H,30,31,32,34)/t20-,21-,22-,28+/m0/s1. The van der Waals surface area contributed by atoms with Gasteiger partial charge in [0.2, 0.25) is 5.60 Å². The van der Waals surface area contributed by atoms with Gasteiger partial charge in [-0.25, -0.2) is 28.7 Å². The van der Waals surface area contributed by atoms with E-state index in [1.165, 1.54) is 16.6 Å². The number of fused-ring (bicyclic) bond motifs is 1. The number of hydrogen-bond acceptors (Lipinski definition) is 15. The van der Waals surface area contributed by atoms with Crippen molar-refractivity contribution in [2.75, 3.05) is 11.9 Å². The van der Waals surface area contributed by atoms with Gasteiger partial charge in [-0.05, 0) is 67.5 Å². The number of ether oxygens (including phenoxy) is 8. The van der Waals surface area contributed by atoms with Gasteiger partial charge in [-0.15, -0.1) is 0 Å². The van der Waals surface area contributed by atoms with Crippen LogP contribution in [0.5, 0.6) is 0 Å². The third kappa shape index (κ3) is 8.85. The molecule has 3 heterocycles. The molecular formula is C28H37N5O12. The van der Waals surface area contributed by atoms with Crippen LogP contribution in [0.25, 0.3) is 5.52 Å². The van der Waals surface area contributed by atoms with Crippen molar-refractivity contribution in [1.82, 2.24) is 14.6 Å². The third-order valence-corrected chi connectivity index (χ3v) is 5.77. The Morgan fingerprint density at radius 1 is 0.911 bits per heavy atom. The normalized spacial score (nSPS) is 21.0. The number of carbonyl (C=O) groups excluding carboxylic acids is 4. The van der Waals surface area contributed by atoms with Gasteiger partial charge in [-0.3, -0.25) is 5.32 Å². The van der Waals surface area contributed by atoms with Crippen LogP contribution in [0.3, 0.4) is 0 Å². The minimum Gasteiger partial charge on any atom is -0.447 e. The fourth-order valence-corrected chi connectivity index (χ4v) is 4.19. The molecule has 3 rings (SSSR count). The summed E-state index contributed by atoms with van der Waals surface area (Å²) in [5.41, 5.74) is -1.82. The lowest BCUT2D eigenvalue weighted by Crippen LogP contribution is -2.50. The Balaban J connectivity index is 2.12.